The highest BCUT2D eigenvalue weighted by atomic mass is 14.6. The fraction of sp³-hybridized carbons (Fsp3) is 0.800. The molecule has 0 aromatic rings. The van der Waals surface area contributed by atoms with Gasteiger partial charge in [-0.15, -0.1) is 0 Å². The Hall–Kier alpha value is -0.510. The number of hydrogen-bond acceptors (Lipinski definition) is 0. The predicted octanol–water partition coefficient (Wildman–Crippen LogP) is 1.50. The molecule has 0 bridgehead atoms. The molecule has 1 heterocycles. The first-order chi connectivity index (χ1) is 3.00. The quantitative estimate of drug-likeness (QED) is 0.417. The van der Waals surface area contributed by atoms with Crippen molar-refractivity contribution in [2.24, 2.45) is 0 Å². The molecule has 0 N–H and O–H groups in total. The number of rotatable bonds is 0. The van der Waals surface area contributed by atoms with E-state index in [9.17, 15) is 0 Å². The van der Waals surface area contributed by atoms with Gasteiger partial charge in [-0.05, 0) is 6.42 Å². The van der Waals surface area contributed by atoms with Crippen LogP contribution < -0.4 is 0 Å². The summed E-state index contributed by atoms with van der Waals surface area (Å²) in [7, 11) is 0. The molecule has 1 nitrogen and oxygen atoms in total. The molecule has 0 aliphatic carbocycles. The van der Waals surface area contributed by atoms with E-state index < -0.39 is 0 Å². The highest BCUT2D eigenvalue weighted by Gasteiger charge is 1.98. The minimum Gasteiger partial charge on any atom is -0.0837 e. The van der Waals surface area contributed by atoms with Crippen molar-refractivity contribution in [3.8, 4) is 6.07 Å². The van der Waals surface area contributed by atoms with Crippen LogP contribution in [-0.2, 0) is 0 Å². The fourth-order valence-electron chi connectivity index (χ4n) is 0.553. The van der Waals surface area contributed by atoms with Crippen LogP contribution in [0.2, 0.25) is 0 Å². The maximum atomic E-state index is 3.93. The highest BCUT2D eigenvalue weighted by molar-refractivity contribution is 4.89. The van der Waals surface area contributed by atoms with E-state index in [0.29, 0.717) is 0 Å². The summed E-state index contributed by atoms with van der Waals surface area (Å²) in [5.41, 5.74) is 0. The third kappa shape index (κ3) is 0.718. The van der Waals surface area contributed by atoms with Crippen LogP contribution in [0.5, 0.6) is 0 Å². The summed E-state index contributed by atoms with van der Waals surface area (Å²) in [6.45, 7) is 1.01. The van der Waals surface area contributed by atoms with Crippen LogP contribution in [0, 0.1) is 6.07 Å². The van der Waals surface area contributed by atoms with Gasteiger partial charge in [-0.3, -0.25) is 0 Å². The largest absolute Gasteiger partial charge is 0.272 e. The van der Waals surface area contributed by atoms with Crippen molar-refractivity contribution in [3.63, 3.8) is 0 Å². The summed E-state index contributed by atoms with van der Waals surface area (Å²) < 4.78 is 0. The summed E-state index contributed by atoms with van der Waals surface area (Å²) in [6.07, 6.45) is 3.65. The molecule has 0 atom stereocenters. The monoisotopic (exact) mass is 82.1 g/mol. The lowest BCUT2D eigenvalue weighted by Crippen LogP contribution is -1.81. The zero-order valence-corrected chi connectivity index (χ0v) is 3.78. The molecule has 0 unspecified atom stereocenters. The van der Waals surface area contributed by atoms with Gasteiger partial charge in [0.1, 0.15) is 0 Å². The molecule has 0 amide bonds. The van der Waals surface area contributed by atoms with E-state index in [1.165, 1.54) is 12.8 Å². The van der Waals surface area contributed by atoms with Crippen molar-refractivity contribution in [2.45, 2.75) is 19.3 Å². The molecule has 1 heteroatoms. The molecule has 0 spiro atoms. The average molecular weight is 82.1 g/mol. The SMILES string of the molecule is C1#[N+]CCCC1. The van der Waals surface area contributed by atoms with Crippen LogP contribution >= 0.6 is 0 Å². The standard InChI is InChI=1S/C5H8N/c1-2-4-6-5-3-1/h1-4H2/q+1. The van der Waals surface area contributed by atoms with Crippen LogP contribution in [-0.4, -0.2) is 6.54 Å². The molecule has 0 aromatic heterocycles. The van der Waals surface area contributed by atoms with Gasteiger partial charge in [0.15, 0.2) is 0 Å². The summed E-state index contributed by atoms with van der Waals surface area (Å²) in [6, 6.07) is 2.91. The van der Waals surface area contributed by atoms with Crippen molar-refractivity contribution in [1.29, 1.82) is 0 Å². The Morgan fingerprint density at radius 2 is 2.33 bits per heavy atom. The van der Waals surface area contributed by atoms with Gasteiger partial charge >= 0.3 is 0 Å². The van der Waals surface area contributed by atoms with E-state index in [1.54, 1.807) is 0 Å². The van der Waals surface area contributed by atoms with Crippen molar-refractivity contribution >= 4 is 0 Å². The van der Waals surface area contributed by atoms with Crippen LogP contribution in [0.3, 0.4) is 0 Å². The van der Waals surface area contributed by atoms with Crippen LogP contribution in [0.4, 0.5) is 0 Å². The zero-order valence-electron chi connectivity index (χ0n) is 3.78. The van der Waals surface area contributed by atoms with E-state index in [4.69, 9.17) is 0 Å². The first kappa shape index (κ1) is 3.67. The van der Waals surface area contributed by atoms with Crippen molar-refractivity contribution in [1.82, 2.24) is 0 Å². The molecule has 1 aliphatic rings. The van der Waals surface area contributed by atoms with Crippen molar-refractivity contribution in [2.75, 3.05) is 6.54 Å². The molecule has 0 saturated heterocycles. The predicted molar refractivity (Wildman–Crippen MR) is 26.0 cm³/mol. The van der Waals surface area contributed by atoms with E-state index in [0.717, 1.165) is 13.0 Å². The first-order valence-electron chi connectivity index (χ1n) is 2.39. The molecule has 1 aliphatic heterocycles. The maximum absolute atomic E-state index is 3.93. The maximum Gasteiger partial charge on any atom is 0.272 e. The summed E-state index contributed by atoms with van der Waals surface area (Å²) in [5.74, 6) is 0. The van der Waals surface area contributed by atoms with Gasteiger partial charge in [0, 0.05) is 6.42 Å². The van der Waals surface area contributed by atoms with Gasteiger partial charge < -0.3 is 0 Å². The third-order valence-corrected chi connectivity index (χ3v) is 0.920. The summed E-state index contributed by atoms with van der Waals surface area (Å²) >= 11 is 0. The van der Waals surface area contributed by atoms with Crippen LogP contribution in [0.1, 0.15) is 19.3 Å². The van der Waals surface area contributed by atoms with Gasteiger partial charge in [-0.25, -0.2) is 0 Å². The van der Waals surface area contributed by atoms with E-state index >= 15 is 0 Å². The smallest absolute Gasteiger partial charge is 0.0837 e. The van der Waals surface area contributed by atoms with E-state index in [-0.39, 0.29) is 0 Å². The Bertz CT molecular complexity index is 75.8. The average Bonchev–Trinajstić information content (AvgIpc) is 1.72. The molecule has 6 heavy (non-hydrogen) atoms. The minimum atomic E-state index is 1.01. The van der Waals surface area contributed by atoms with Gasteiger partial charge in [0.05, 0.1) is 6.42 Å². The van der Waals surface area contributed by atoms with Gasteiger partial charge in [-0.1, -0.05) is 4.85 Å². The molecule has 0 radical (unpaired) electrons. The molecule has 1 rings (SSSR count). The van der Waals surface area contributed by atoms with Crippen LogP contribution in [0.25, 0.3) is 4.85 Å². The van der Waals surface area contributed by atoms with E-state index in [1.807, 2.05) is 0 Å². The third-order valence-electron chi connectivity index (χ3n) is 0.920. The van der Waals surface area contributed by atoms with Gasteiger partial charge in [-0.2, -0.15) is 0 Å². The first-order valence-corrected chi connectivity index (χ1v) is 2.39. The molecule has 0 fully saturated rings. The van der Waals surface area contributed by atoms with Crippen molar-refractivity contribution in [3.05, 3.63) is 4.85 Å². The zero-order chi connectivity index (χ0) is 4.24. The number of hydrogen-bond donors (Lipinski definition) is 0. The van der Waals surface area contributed by atoms with E-state index in [2.05, 4.69) is 10.9 Å². The summed E-state index contributed by atoms with van der Waals surface area (Å²) in [5, 5.41) is 0. The number of nitrogens with zero attached hydrogens (tertiary/aromatic N) is 1. The van der Waals surface area contributed by atoms with Gasteiger partial charge in [0.2, 0.25) is 0 Å². The second-order valence-corrected chi connectivity index (χ2v) is 1.50. The molecule has 0 aromatic carbocycles. The van der Waals surface area contributed by atoms with Gasteiger partial charge in [0.25, 0.3) is 12.6 Å². The lowest BCUT2D eigenvalue weighted by atomic mass is 10.2. The molecule has 0 saturated carbocycles. The Morgan fingerprint density at radius 1 is 1.33 bits per heavy atom. The lowest BCUT2D eigenvalue weighted by Gasteiger charge is -1.81. The Kier molecular flexibility index (Phi) is 1.11. The fourth-order valence-corrected chi connectivity index (χ4v) is 0.553. The minimum absolute atomic E-state index is 1.01. The Balaban J connectivity index is 2.36. The Morgan fingerprint density at radius 3 is 2.50 bits per heavy atom. The second kappa shape index (κ2) is 1.81. The normalized spacial score (nSPS) is 18.7. The van der Waals surface area contributed by atoms with Crippen LogP contribution in [0.15, 0.2) is 0 Å². The Labute approximate surface area is 37.8 Å². The molecule has 32 valence electrons. The molecular weight excluding hydrogens is 74.1 g/mol. The lowest BCUT2D eigenvalue weighted by molar-refractivity contribution is 0.785. The van der Waals surface area contributed by atoms with Crippen molar-refractivity contribution < 1.29 is 0 Å². The topological polar surface area (TPSA) is 4.36 Å². The summed E-state index contributed by atoms with van der Waals surface area (Å²) in [4.78, 5) is 3.93. The molecular formula is C5H8N+. The second-order valence-electron chi connectivity index (χ2n) is 1.50. The highest BCUT2D eigenvalue weighted by Crippen LogP contribution is 1.98.